The molecule has 4 rings (SSSR count). The van der Waals surface area contributed by atoms with E-state index < -0.39 is 29.1 Å². The first-order valence-corrected chi connectivity index (χ1v) is 22.7. The third kappa shape index (κ3) is 20.7. The molecule has 5 amide bonds. The lowest BCUT2D eigenvalue weighted by atomic mass is 9.96. The van der Waals surface area contributed by atoms with Crippen LogP contribution in [0.2, 0.25) is 0 Å². The number of carbonyl (C=O) groups is 6. The van der Waals surface area contributed by atoms with Crippen LogP contribution < -0.4 is 58.9 Å². The molecule has 0 spiro atoms. The van der Waals surface area contributed by atoms with Gasteiger partial charge >= 0.3 is 0 Å². The van der Waals surface area contributed by atoms with Crippen molar-refractivity contribution in [3.63, 3.8) is 0 Å². The Hall–Kier alpha value is -3.85. The van der Waals surface area contributed by atoms with Crippen LogP contribution in [0.1, 0.15) is 83.1 Å². The zero-order chi connectivity index (χ0) is 44.4. The highest BCUT2D eigenvalue weighted by molar-refractivity contribution is 7.80. The largest absolute Gasteiger partial charge is 0.508 e. The average Bonchev–Trinajstić information content (AvgIpc) is 3.22. The first kappa shape index (κ1) is 51.5. The van der Waals surface area contributed by atoms with E-state index >= 15 is 0 Å². The molecule has 1 aromatic rings. The fourth-order valence-electron chi connectivity index (χ4n) is 7.45. The molecular weight excluding hydrogens is 803 g/mol. The summed E-state index contributed by atoms with van der Waals surface area (Å²) in [5, 5.41) is 42.9. The lowest BCUT2D eigenvalue weighted by Crippen LogP contribution is -2.68. The highest BCUT2D eigenvalue weighted by Crippen LogP contribution is 2.15. The number of rotatable bonds is 22. The van der Waals surface area contributed by atoms with Crippen LogP contribution in [0, 0.1) is 0 Å². The number of carbonyl (C=O) groups excluding carboxylic acids is 6. The molecule has 18 nitrogen and oxygen atoms in total. The molecule has 3 aliphatic rings. The SMILES string of the molecule is CCCC(=O)NC12CNCCNCC(NC(=O)CCCC(=O)N[C@@H](Cc3ccc(O)cc3)C(=O)CCCCCCC(=O)NC(CS)C(N)=O)(CNCCNC1)CNCCNC2. The van der Waals surface area contributed by atoms with Gasteiger partial charge in [0.15, 0.2) is 5.78 Å². The van der Waals surface area contributed by atoms with E-state index in [1.165, 1.54) is 12.1 Å². The highest BCUT2D eigenvalue weighted by atomic mass is 32.1. The Balaban J connectivity index is 1.53. The third-order valence-electron chi connectivity index (χ3n) is 10.8. The number of hydrogen-bond donors (Lipinski definition) is 13. The Morgan fingerprint density at radius 1 is 0.607 bits per heavy atom. The van der Waals surface area contributed by atoms with E-state index in [1.807, 2.05) is 6.92 Å². The lowest BCUT2D eigenvalue weighted by molar-refractivity contribution is -0.128. The molecule has 2 bridgehead atoms. The lowest BCUT2D eigenvalue weighted by Gasteiger charge is -2.39. The molecule has 3 heterocycles. The summed E-state index contributed by atoms with van der Waals surface area (Å²) in [5.74, 6) is -1.28. The number of amides is 5. The number of thiol groups is 1. The van der Waals surface area contributed by atoms with E-state index in [0.717, 1.165) is 12.0 Å². The van der Waals surface area contributed by atoms with Gasteiger partial charge in [-0.2, -0.15) is 12.6 Å². The number of Topliss-reactive ketones (excluding diaryl/α,β-unsaturated/α-hetero) is 1. The van der Waals surface area contributed by atoms with Crippen molar-refractivity contribution in [2.75, 3.05) is 84.3 Å². The van der Waals surface area contributed by atoms with Gasteiger partial charge < -0.3 is 64.0 Å². The molecule has 61 heavy (non-hydrogen) atoms. The molecule has 13 N–H and O–H groups in total. The molecule has 19 heteroatoms. The minimum Gasteiger partial charge on any atom is -0.508 e. The Bertz CT molecular complexity index is 1480. The van der Waals surface area contributed by atoms with Crippen LogP contribution in [0.5, 0.6) is 5.75 Å². The summed E-state index contributed by atoms with van der Waals surface area (Å²) >= 11 is 4.04. The monoisotopic (exact) mass is 876 g/mol. The molecular formula is C42H73N11O7S. The fraction of sp³-hybridized carbons (Fsp3) is 0.714. The molecule has 2 atom stereocenters. The second kappa shape index (κ2) is 28.7. The predicted octanol–water partition coefficient (Wildman–Crippen LogP) is -1.53. The second-order valence-corrected chi connectivity index (χ2v) is 16.8. The number of unbranched alkanes of at least 4 members (excludes halogenated alkanes) is 3. The molecule has 1 unspecified atom stereocenters. The van der Waals surface area contributed by atoms with Gasteiger partial charge in [0.1, 0.15) is 11.8 Å². The highest BCUT2D eigenvalue weighted by Gasteiger charge is 2.34. The molecule has 0 aromatic heterocycles. The molecule has 1 aromatic carbocycles. The predicted molar refractivity (Wildman–Crippen MR) is 239 cm³/mol. The summed E-state index contributed by atoms with van der Waals surface area (Å²) in [5.41, 5.74) is 4.90. The standard InChI is InChI=1S/C42H73N11O7S/c1-2-8-38(58)52-41-25-44-17-20-47-28-42(29-48-21-18-45-26-41,30-49-22-19-46-27-41)53-39(59)12-7-11-37(57)50-33(23-31-13-15-32(54)16-14-31)35(55)9-5-3-4-6-10-36(56)51-34(24-61)40(43)60/h13-16,33-34,44-49,54,61H,2-12,17-30H2,1H3,(H2,43,60)(H,50,57)(H,51,56)(H,52,58)(H,53,59)/t33-,34?,41?,42?/m0/s1. The van der Waals surface area contributed by atoms with Crippen molar-refractivity contribution < 1.29 is 33.9 Å². The van der Waals surface area contributed by atoms with Crippen molar-refractivity contribution in [3.05, 3.63) is 29.8 Å². The molecule has 3 fully saturated rings. The number of nitrogens with one attached hydrogen (secondary N) is 10. The van der Waals surface area contributed by atoms with Crippen LogP contribution in [0.4, 0.5) is 0 Å². The Labute approximate surface area is 366 Å². The number of ketones is 1. The van der Waals surface area contributed by atoms with Gasteiger partial charge in [0, 0.05) is 116 Å². The summed E-state index contributed by atoms with van der Waals surface area (Å²) < 4.78 is 0. The number of phenolic OH excluding ortho intramolecular Hbond substituents is 1. The van der Waals surface area contributed by atoms with Crippen LogP contribution >= 0.6 is 12.6 Å². The van der Waals surface area contributed by atoms with Gasteiger partial charge in [-0.25, -0.2) is 0 Å². The molecule has 0 radical (unpaired) electrons. The Kier molecular flexibility index (Phi) is 24.2. The Morgan fingerprint density at radius 2 is 1.02 bits per heavy atom. The van der Waals surface area contributed by atoms with Gasteiger partial charge in [-0.3, -0.25) is 28.8 Å². The third-order valence-corrected chi connectivity index (χ3v) is 11.2. The summed E-state index contributed by atoms with van der Waals surface area (Å²) in [6.07, 6.45) is 5.01. The molecule has 0 saturated carbocycles. The smallest absolute Gasteiger partial charge is 0.240 e. The number of phenols is 1. The number of primary amides is 1. The van der Waals surface area contributed by atoms with Crippen molar-refractivity contribution >= 4 is 47.9 Å². The van der Waals surface area contributed by atoms with Gasteiger partial charge in [-0.15, -0.1) is 0 Å². The first-order valence-electron chi connectivity index (χ1n) is 22.0. The zero-order valence-corrected chi connectivity index (χ0v) is 37.0. The number of benzene rings is 1. The van der Waals surface area contributed by atoms with Crippen LogP contribution in [-0.2, 0) is 35.2 Å². The quantitative estimate of drug-likeness (QED) is 0.0467. The van der Waals surface area contributed by atoms with E-state index in [2.05, 4.69) is 65.8 Å². The summed E-state index contributed by atoms with van der Waals surface area (Å²) in [6, 6.07) is 4.91. The number of nitrogens with two attached hydrogens (primary N) is 1. The summed E-state index contributed by atoms with van der Waals surface area (Å²) in [4.78, 5) is 76.5. The van der Waals surface area contributed by atoms with Crippen LogP contribution in [0.25, 0.3) is 0 Å². The zero-order valence-electron chi connectivity index (χ0n) is 36.1. The second-order valence-electron chi connectivity index (χ2n) is 16.4. The van der Waals surface area contributed by atoms with Crippen LogP contribution in [0.15, 0.2) is 24.3 Å². The first-order chi connectivity index (χ1) is 29.4. The molecule has 0 aliphatic carbocycles. The van der Waals surface area contributed by atoms with Crippen molar-refractivity contribution in [1.29, 1.82) is 0 Å². The van der Waals surface area contributed by atoms with E-state index in [0.29, 0.717) is 111 Å². The minimum absolute atomic E-state index is 0.0417. The van der Waals surface area contributed by atoms with Gasteiger partial charge in [0.05, 0.1) is 17.1 Å². The average molecular weight is 876 g/mol. The van der Waals surface area contributed by atoms with E-state index in [1.54, 1.807) is 12.1 Å². The van der Waals surface area contributed by atoms with Crippen molar-refractivity contribution in [3.8, 4) is 5.75 Å². The van der Waals surface area contributed by atoms with Gasteiger partial charge in [-0.05, 0) is 49.8 Å². The van der Waals surface area contributed by atoms with Crippen LogP contribution in [-0.4, -0.2) is 148 Å². The number of aromatic hydroxyl groups is 1. The normalized spacial score (nSPS) is 21.5. The maximum atomic E-state index is 13.5. The summed E-state index contributed by atoms with van der Waals surface area (Å²) in [6.45, 7) is 9.24. The van der Waals surface area contributed by atoms with E-state index in [9.17, 15) is 33.9 Å². The van der Waals surface area contributed by atoms with Gasteiger partial charge in [-0.1, -0.05) is 31.9 Å². The number of hydrogen-bond acceptors (Lipinski definition) is 14. The maximum absolute atomic E-state index is 13.5. The number of fused-ring (bicyclic) bond motifs is 15. The molecule has 344 valence electrons. The van der Waals surface area contributed by atoms with Gasteiger partial charge in [0.25, 0.3) is 0 Å². The Morgan fingerprint density at radius 3 is 1.46 bits per heavy atom. The minimum atomic E-state index is -0.815. The van der Waals surface area contributed by atoms with E-state index in [-0.39, 0.29) is 79.4 Å². The van der Waals surface area contributed by atoms with Gasteiger partial charge in [0.2, 0.25) is 29.5 Å². The van der Waals surface area contributed by atoms with E-state index in [4.69, 9.17) is 5.73 Å². The fourth-order valence-corrected chi connectivity index (χ4v) is 7.73. The van der Waals surface area contributed by atoms with Crippen molar-refractivity contribution in [2.24, 2.45) is 5.73 Å². The van der Waals surface area contributed by atoms with Crippen LogP contribution in [0.3, 0.4) is 0 Å². The molecule has 3 saturated heterocycles. The van der Waals surface area contributed by atoms with Crippen molar-refractivity contribution in [1.82, 2.24) is 53.2 Å². The topological polar surface area (TPSA) is 269 Å². The molecule has 3 aliphatic heterocycles. The summed E-state index contributed by atoms with van der Waals surface area (Å²) in [7, 11) is 0. The van der Waals surface area contributed by atoms with Crippen molar-refractivity contribution in [2.45, 2.75) is 107 Å². The maximum Gasteiger partial charge on any atom is 0.240 e.